The minimum Gasteiger partial charge on any atom is -0.378 e. The topological polar surface area (TPSA) is 61.9 Å². The summed E-state index contributed by atoms with van der Waals surface area (Å²) in [6.07, 6.45) is 1.69. The second-order valence-electron chi connectivity index (χ2n) is 4.84. The Morgan fingerprint density at radius 1 is 1.06 bits per heavy atom. The molecule has 0 radical (unpaired) electrons. The fraction of sp³-hybridized carbons (Fsp3) is 0.833. The van der Waals surface area contributed by atoms with E-state index in [4.69, 9.17) is 4.74 Å². The van der Waals surface area contributed by atoms with Gasteiger partial charge in [-0.1, -0.05) is 0 Å². The number of amides is 3. The first kappa shape index (κ1) is 13.1. The van der Waals surface area contributed by atoms with E-state index in [1.54, 1.807) is 0 Å². The Morgan fingerprint density at radius 3 is 2.17 bits per heavy atom. The highest BCUT2D eigenvalue weighted by atomic mass is 16.5. The lowest BCUT2D eigenvalue weighted by Crippen LogP contribution is -2.52. The number of piperidine rings is 1. The average Bonchev–Trinajstić information content (AvgIpc) is 2.39. The van der Waals surface area contributed by atoms with Crippen LogP contribution in [0.1, 0.15) is 19.8 Å². The van der Waals surface area contributed by atoms with Crippen LogP contribution in [0, 0.1) is 0 Å². The van der Waals surface area contributed by atoms with Crippen molar-refractivity contribution in [3.05, 3.63) is 0 Å². The molecular formula is C12H21N3O3. The summed E-state index contributed by atoms with van der Waals surface area (Å²) in [6.45, 7) is 5.62. The largest absolute Gasteiger partial charge is 0.378 e. The maximum Gasteiger partial charge on any atom is 0.320 e. The van der Waals surface area contributed by atoms with Gasteiger partial charge in [-0.25, -0.2) is 4.79 Å². The maximum atomic E-state index is 12.2. The molecule has 18 heavy (non-hydrogen) atoms. The van der Waals surface area contributed by atoms with Crippen LogP contribution in [-0.4, -0.2) is 67.2 Å². The number of ether oxygens (including phenoxy) is 1. The Morgan fingerprint density at radius 2 is 1.61 bits per heavy atom. The van der Waals surface area contributed by atoms with Crippen LogP contribution in [0.25, 0.3) is 0 Å². The molecule has 102 valence electrons. The van der Waals surface area contributed by atoms with Crippen LogP contribution in [0.15, 0.2) is 0 Å². The Balaban J connectivity index is 1.78. The van der Waals surface area contributed by atoms with Gasteiger partial charge >= 0.3 is 6.03 Å². The molecule has 0 aromatic carbocycles. The fourth-order valence-electron chi connectivity index (χ4n) is 2.46. The zero-order chi connectivity index (χ0) is 13.0. The molecule has 0 spiro atoms. The van der Waals surface area contributed by atoms with Gasteiger partial charge in [0.25, 0.3) is 0 Å². The molecule has 0 saturated carbocycles. The highest BCUT2D eigenvalue weighted by molar-refractivity contribution is 5.75. The number of nitrogens with zero attached hydrogens (tertiary/aromatic N) is 2. The maximum absolute atomic E-state index is 12.2. The van der Waals surface area contributed by atoms with Crippen molar-refractivity contribution in [3.63, 3.8) is 0 Å². The zero-order valence-electron chi connectivity index (χ0n) is 10.9. The molecule has 2 rings (SSSR count). The Kier molecular flexibility index (Phi) is 4.41. The predicted octanol–water partition coefficient (Wildman–Crippen LogP) is 0.0391. The predicted molar refractivity (Wildman–Crippen MR) is 66.2 cm³/mol. The molecule has 3 amide bonds. The van der Waals surface area contributed by atoms with Crippen LogP contribution < -0.4 is 5.32 Å². The monoisotopic (exact) mass is 255 g/mol. The first-order valence-electron chi connectivity index (χ1n) is 6.55. The van der Waals surface area contributed by atoms with Crippen LogP contribution in [0.3, 0.4) is 0 Å². The van der Waals surface area contributed by atoms with Crippen LogP contribution in [0.2, 0.25) is 0 Å². The van der Waals surface area contributed by atoms with Crippen molar-refractivity contribution in [2.45, 2.75) is 25.8 Å². The Hall–Kier alpha value is -1.30. The van der Waals surface area contributed by atoms with Crippen LogP contribution in [0.5, 0.6) is 0 Å². The van der Waals surface area contributed by atoms with Gasteiger partial charge < -0.3 is 19.9 Å². The lowest BCUT2D eigenvalue weighted by atomic mass is 10.1. The van der Waals surface area contributed by atoms with Gasteiger partial charge in [0.2, 0.25) is 5.91 Å². The van der Waals surface area contributed by atoms with Crippen molar-refractivity contribution in [2.24, 2.45) is 0 Å². The second kappa shape index (κ2) is 6.04. The van der Waals surface area contributed by atoms with Gasteiger partial charge in [0.05, 0.1) is 13.2 Å². The zero-order valence-corrected chi connectivity index (χ0v) is 10.9. The molecule has 2 heterocycles. The Labute approximate surface area is 107 Å². The van der Waals surface area contributed by atoms with Gasteiger partial charge in [0.15, 0.2) is 0 Å². The number of nitrogens with one attached hydrogen (secondary N) is 1. The first-order valence-corrected chi connectivity index (χ1v) is 6.55. The van der Waals surface area contributed by atoms with E-state index in [9.17, 15) is 9.59 Å². The molecule has 0 unspecified atom stereocenters. The average molecular weight is 255 g/mol. The van der Waals surface area contributed by atoms with Crippen molar-refractivity contribution < 1.29 is 14.3 Å². The number of hydrogen-bond donors (Lipinski definition) is 1. The van der Waals surface area contributed by atoms with E-state index in [0.717, 1.165) is 25.9 Å². The van der Waals surface area contributed by atoms with E-state index >= 15 is 0 Å². The molecule has 2 saturated heterocycles. The molecule has 0 aromatic heterocycles. The molecule has 6 nitrogen and oxygen atoms in total. The lowest BCUT2D eigenvalue weighted by molar-refractivity contribution is -0.119. The van der Waals surface area contributed by atoms with Crippen molar-refractivity contribution in [3.8, 4) is 0 Å². The number of carbonyl (C=O) groups is 2. The molecule has 0 aromatic rings. The number of hydrogen-bond acceptors (Lipinski definition) is 3. The van der Waals surface area contributed by atoms with Gasteiger partial charge in [-0.15, -0.1) is 0 Å². The van der Waals surface area contributed by atoms with Crippen LogP contribution in [0.4, 0.5) is 4.79 Å². The number of likely N-dealkylation sites (tertiary alicyclic amines) is 1. The van der Waals surface area contributed by atoms with Crippen molar-refractivity contribution in [1.82, 2.24) is 15.1 Å². The van der Waals surface area contributed by atoms with Crippen molar-refractivity contribution in [2.75, 3.05) is 39.4 Å². The van der Waals surface area contributed by atoms with Gasteiger partial charge in [0.1, 0.15) is 0 Å². The summed E-state index contributed by atoms with van der Waals surface area (Å²) in [5.74, 6) is 0.00737. The van der Waals surface area contributed by atoms with Gasteiger partial charge in [0, 0.05) is 39.1 Å². The van der Waals surface area contributed by atoms with Crippen LogP contribution >= 0.6 is 0 Å². The summed E-state index contributed by atoms with van der Waals surface area (Å²) in [5.41, 5.74) is 0. The van der Waals surface area contributed by atoms with E-state index in [2.05, 4.69) is 5.32 Å². The van der Waals surface area contributed by atoms with Crippen LogP contribution in [-0.2, 0) is 9.53 Å². The van der Waals surface area contributed by atoms with E-state index in [0.29, 0.717) is 26.3 Å². The summed E-state index contributed by atoms with van der Waals surface area (Å²) in [4.78, 5) is 26.9. The Bertz CT molecular complexity index is 308. The number of urea groups is 1. The summed E-state index contributed by atoms with van der Waals surface area (Å²) in [5, 5.41) is 2.91. The summed E-state index contributed by atoms with van der Waals surface area (Å²) < 4.78 is 5.24. The van der Waals surface area contributed by atoms with Gasteiger partial charge in [-0.2, -0.15) is 0 Å². The molecule has 1 N–H and O–H groups in total. The highest BCUT2D eigenvalue weighted by Crippen LogP contribution is 2.13. The summed E-state index contributed by atoms with van der Waals surface area (Å²) in [7, 11) is 0. The molecule has 0 aliphatic carbocycles. The van der Waals surface area contributed by atoms with E-state index in [1.807, 2.05) is 9.80 Å². The minimum absolute atomic E-state index is 0.00737. The third kappa shape index (κ3) is 3.35. The van der Waals surface area contributed by atoms with Gasteiger partial charge in [-0.05, 0) is 12.8 Å². The SMILES string of the molecule is CC(=O)NC1CCN(C(=O)N2CCOCC2)CC1. The van der Waals surface area contributed by atoms with Crippen molar-refractivity contribution >= 4 is 11.9 Å². The molecule has 2 aliphatic rings. The van der Waals surface area contributed by atoms with Gasteiger partial charge in [-0.3, -0.25) is 4.79 Å². The smallest absolute Gasteiger partial charge is 0.320 e. The third-order valence-electron chi connectivity index (χ3n) is 3.45. The lowest BCUT2D eigenvalue weighted by Gasteiger charge is -2.37. The molecule has 2 aliphatic heterocycles. The van der Waals surface area contributed by atoms with Crippen molar-refractivity contribution in [1.29, 1.82) is 0 Å². The standard InChI is InChI=1S/C12H21N3O3/c1-10(16)13-11-2-4-14(5-3-11)12(17)15-6-8-18-9-7-15/h11H,2-9H2,1H3,(H,13,16). The minimum atomic E-state index is 0.00737. The normalized spacial score (nSPS) is 21.8. The third-order valence-corrected chi connectivity index (χ3v) is 3.45. The molecule has 0 atom stereocenters. The summed E-state index contributed by atoms with van der Waals surface area (Å²) >= 11 is 0. The molecule has 2 fully saturated rings. The molecule has 6 heteroatoms. The second-order valence-corrected chi connectivity index (χ2v) is 4.84. The quantitative estimate of drug-likeness (QED) is 0.719. The number of morpholine rings is 1. The van der Waals surface area contributed by atoms with E-state index < -0.39 is 0 Å². The van der Waals surface area contributed by atoms with E-state index in [-0.39, 0.29) is 18.0 Å². The highest BCUT2D eigenvalue weighted by Gasteiger charge is 2.27. The van der Waals surface area contributed by atoms with E-state index in [1.165, 1.54) is 6.92 Å². The molecule has 0 bridgehead atoms. The molecular weight excluding hydrogens is 234 g/mol. The number of rotatable bonds is 1. The number of carbonyl (C=O) groups excluding carboxylic acids is 2. The first-order chi connectivity index (χ1) is 8.66. The summed E-state index contributed by atoms with van der Waals surface area (Å²) in [6, 6.07) is 0.329. The fourth-order valence-corrected chi connectivity index (χ4v) is 2.46.